The standard InChI is InChI=1S/C15H18INO2S/c1-11-7-9-13(10-8-11)20(18,19)17-14(15(17)16)12-5-3-2-4-6-12/h2-3,7-10,12,14-15H,4-6H2,1H3/t12?,14-,15-,17?/m1/s1. The molecule has 0 aromatic heterocycles. The van der Waals surface area contributed by atoms with Gasteiger partial charge >= 0.3 is 0 Å². The number of aryl methyl sites for hydroxylation is 1. The van der Waals surface area contributed by atoms with Crippen LogP contribution >= 0.6 is 22.6 Å². The highest BCUT2D eigenvalue weighted by molar-refractivity contribution is 14.1. The molecule has 0 bridgehead atoms. The lowest BCUT2D eigenvalue weighted by molar-refractivity contribution is 0.433. The van der Waals surface area contributed by atoms with E-state index < -0.39 is 10.0 Å². The molecule has 1 fully saturated rings. The van der Waals surface area contributed by atoms with Crippen LogP contribution in [-0.4, -0.2) is 22.8 Å². The van der Waals surface area contributed by atoms with Crippen LogP contribution < -0.4 is 0 Å². The van der Waals surface area contributed by atoms with Crippen molar-refractivity contribution in [2.24, 2.45) is 5.92 Å². The van der Waals surface area contributed by atoms with Gasteiger partial charge in [-0.05, 0) is 44.2 Å². The SMILES string of the molecule is Cc1ccc(S(=O)(=O)N2[C@H](C3CC=CCC3)[C@@H]2I)cc1. The number of sulfonamides is 1. The zero-order valence-electron chi connectivity index (χ0n) is 11.4. The molecule has 1 aliphatic heterocycles. The Morgan fingerprint density at radius 1 is 1.20 bits per heavy atom. The van der Waals surface area contributed by atoms with Crippen LogP contribution in [0.25, 0.3) is 0 Å². The highest BCUT2D eigenvalue weighted by Gasteiger charge is 2.57. The highest BCUT2D eigenvalue weighted by Crippen LogP contribution is 2.47. The lowest BCUT2D eigenvalue weighted by Gasteiger charge is -2.17. The van der Waals surface area contributed by atoms with Crippen molar-refractivity contribution < 1.29 is 8.42 Å². The van der Waals surface area contributed by atoms with Crippen LogP contribution in [0, 0.1) is 12.8 Å². The number of hydrogen-bond donors (Lipinski definition) is 0. The summed E-state index contributed by atoms with van der Waals surface area (Å²) in [5.41, 5.74) is 1.08. The first-order chi connectivity index (χ1) is 9.51. The number of benzene rings is 1. The quantitative estimate of drug-likeness (QED) is 0.255. The van der Waals surface area contributed by atoms with E-state index in [0.29, 0.717) is 10.8 Å². The van der Waals surface area contributed by atoms with E-state index in [1.165, 1.54) is 0 Å². The molecular weight excluding hydrogens is 385 g/mol. The number of allylic oxidation sites excluding steroid dienone is 2. The minimum atomic E-state index is -3.33. The third-order valence-electron chi connectivity index (χ3n) is 4.12. The molecule has 0 amide bonds. The molecule has 2 unspecified atom stereocenters. The van der Waals surface area contributed by atoms with Gasteiger partial charge in [-0.25, -0.2) is 8.42 Å². The highest BCUT2D eigenvalue weighted by atomic mass is 127. The second kappa shape index (κ2) is 5.42. The van der Waals surface area contributed by atoms with Crippen molar-refractivity contribution in [3.05, 3.63) is 42.0 Å². The first-order valence-electron chi connectivity index (χ1n) is 6.91. The van der Waals surface area contributed by atoms with Gasteiger partial charge in [-0.1, -0.05) is 52.4 Å². The van der Waals surface area contributed by atoms with E-state index in [2.05, 4.69) is 34.7 Å². The fourth-order valence-electron chi connectivity index (χ4n) is 2.88. The van der Waals surface area contributed by atoms with E-state index in [9.17, 15) is 8.42 Å². The van der Waals surface area contributed by atoms with Gasteiger partial charge in [0, 0.05) is 0 Å². The molecular formula is C15H18INO2S. The average molecular weight is 403 g/mol. The van der Waals surface area contributed by atoms with Gasteiger partial charge in [-0.3, -0.25) is 0 Å². The Morgan fingerprint density at radius 3 is 2.50 bits per heavy atom. The van der Waals surface area contributed by atoms with Gasteiger partial charge in [0.2, 0.25) is 10.0 Å². The molecule has 20 heavy (non-hydrogen) atoms. The van der Waals surface area contributed by atoms with Crippen molar-refractivity contribution >= 4 is 32.6 Å². The lowest BCUT2D eigenvalue weighted by atomic mass is 9.91. The molecule has 3 nitrogen and oxygen atoms in total. The Labute approximate surface area is 134 Å². The Morgan fingerprint density at radius 2 is 1.90 bits per heavy atom. The summed E-state index contributed by atoms with van der Waals surface area (Å²) in [4.78, 5) is 0.415. The summed E-state index contributed by atoms with van der Waals surface area (Å²) in [6.07, 6.45) is 7.56. The van der Waals surface area contributed by atoms with Gasteiger partial charge in [-0.2, -0.15) is 4.31 Å². The third kappa shape index (κ3) is 2.55. The van der Waals surface area contributed by atoms with Crippen LogP contribution in [0.4, 0.5) is 0 Å². The molecule has 1 aromatic rings. The molecule has 1 aliphatic carbocycles. The summed E-state index contributed by atoms with van der Waals surface area (Å²) < 4.78 is 27.1. The first-order valence-corrected chi connectivity index (χ1v) is 9.59. The number of nitrogens with zero attached hydrogens (tertiary/aromatic N) is 1. The van der Waals surface area contributed by atoms with Crippen molar-refractivity contribution in [3.8, 4) is 0 Å². The van der Waals surface area contributed by atoms with Crippen LogP contribution in [-0.2, 0) is 10.0 Å². The van der Waals surface area contributed by atoms with Crippen LogP contribution in [0.15, 0.2) is 41.3 Å². The molecule has 4 atom stereocenters. The average Bonchev–Trinajstić information content (AvgIpc) is 3.13. The lowest BCUT2D eigenvalue weighted by Crippen LogP contribution is -2.20. The zero-order valence-corrected chi connectivity index (χ0v) is 14.3. The van der Waals surface area contributed by atoms with E-state index in [1.807, 2.05) is 19.1 Å². The van der Waals surface area contributed by atoms with E-state index in [0.717, 1.165) is 24.8 Å². The monoisotopic (exact) mass is 403 g/mol. The fraction of sp³-hybridized carbons (Fsp3) is 0.467. The molecule has 1 saturated heterocycles. The molecule has 3 rings (SSSR count). The smallest absolute Gasteiger partial charge is 0.207 e. The van der Waals surface area contributed by atoms with Crippen molar-refractivity contribution in [2.45, 2.75) is 41.2 Å². The van der Waals surface area contributed by atoms with Crippen molar-refractivity contribution in [3.63, 3.8) is 0 Å². The summed E-state index contributed by atoms with van der Waals surface area (Å²) >= 11 is 2.26. The molecule has 0 spiro atoms. The summed E-state index contributed by atoms with van der Waals surface area (Å²) in [5, 5.41) is 0. The maximum absolute atomic E-state index is 12.7. The van der Waals surface area contributed by atoms with Crippen LogP contribution in [0.5, 0.6) is 0 Å². The predicted octanol–water partition coefficient (Wildman–Crippen LogP) is 3.49. The van der Waals surface area contributed by atoms with Crippen molar-refractivity contribution in [2.75, 3.05) is 0 Å². The maximum atomic E-state index is 12.7. The third-order valence-corrected chi connectivity index (χ3v) is 7.73. The number of rotatable bonds is 3. The Bertz CT molecular complexity index is 624. The van der Waals surface area contributed by atoms with Crippen molar-refractivity contribution in [1.82, 2.24) is 4.31 Å². The van der Waals surface area contributed by atoms with Crippen LogP contribution in [0.3, 0.4) is 0 Å². The Kier molecular flexibility index (Phi) is 3.94. The largest absolute Gasteiger partial charge is 0.244 e. The Balaban J connectivity index is 1.82. The van der Waals surface area contributed by atoms with Crippen LogP contribution in [0.1, 0.15) is 24.8 Å². The van der Waals surface area contributed by atoms with Gasteiger partial charge in [0.15, 0.2) is 0 Å². The van der Waals surface area contributed by atoms with Gasteiger partial charge in [0.05, 0.1) is 15.0 Å². The summed E-state index contributed by atoms with van der Waals surface area (Å²) in [5.74, 6) is 0.474. The van der Waals surface area contributed by atoms with E-state index in [1.54, 1.807) is 16.4 Å². The minimum Gasteiger partial charge on any atom is -0.207 e. The minimum absolute atomic E-state index is 0.107. The molecule has 108 valence electrons. The number of alkyl halides is 1. The normalized spacial score (nSPS) is 33.1. The van der Waals surface area contributed by atoms with E-state index in [4.69, 9.17) is 0 Å². The van der Waals surface area contributed by atoms with Gasteiger partial charge in [0.25, 0.3) is 0 Å². The molecule has 2 aliphatic rings. The fourth-order valence-corrected chi connectivity index (χ4v) is 6.79. The van der Waals surface area contributed by atoms with Gasteiger partial charge in [-0.15, -0.1) is 0 Å². The number of halogens is 1. The summed E-state index contributed by atoms with van der Waals surface area (Å²) in [6.45, 7) is 1.96. The van der Waals surface area contributed by atoms with Crippen LogP contribution in [0.2, 0.25) is 0 Å². The second-order valence-corrected chi connectivity index (χ2v) is 8.68. The van der Waals surface area contributed by atoms with Crippen molar-refractivity contribution in [1.29, 1.82) is 0 Å². The first kappa shape index (κ1) is 14.5. The molecule has 1 heterocycles. The summed E-state index contributed by atoms with van der Waals surface area (Å²) in [6, 6.07) is 7.31. The molecule has 0 saturated carbocycles. The number of hydrogen-bond acceptors (Lipinski definition) is 2. The van der Waals surface area contributed by atoms with Gasteiger partial charge in [0.1, 0.15) is 0 Å². The van der Waals surface area contributed by atoms with E-state index in [-0.39, 0.29) is 10.1 Å². The second-order valence-electron chi connectivity index (χ2n) is 5.56. The Hall–Kier alpha value is -0.400. The maximum Gasteiger partial charge on any atom is 0.244 e. The molecule has 0 N–H and O–H groups in total. The predicted molar refractivity (Wildman–Crippen MR) is 88.3 cm³/mol. The topological polar surface area (TPSA) is 37.1 Å². The van der Waals surface area contributed by atoms with Gasteiger partial charge < -0.3 is 0 Å². The molecule has 1 aromatic carbocycles. The molecule has 0 radical (unpaired) electrons. The molecule has 5 heteroatoms. The summed E-state index contributed by atoms with van der Waals surface area (Å²) in [7, 11) is -3.33. The zero-order chi connectivity index (χ0) is 14.3. The van der Waals surface area contributed by atoms with E-state index >= 15 is 0 Å².